The molecule has 2 aliphatic rings. The molecular weight excluding hydrogens is 396 g/mol. The topological polar surface area (TPSA) is 104 Å². The van der Waals surface area contributed by atoms with Crippen molar-refractivity contribution in [2.24, 2.45) is 5.92 Å². The average molecular weight is 422 g/mol. The molecule has 0 aliphatic carbocycles. The number of aryl methyl sites for hydroxylation is 1. The van der Waals surface area contributed by atoms with Crippen LogP contribution in [0.25, 0.3) is 5.57 Å². The lowest BCUT2D eigenvalue weighted by molar-refractivity contribution is -0.144. The molecule has 0 saturated carbocycles. The number of hydrogen-bond donors (Lipinski definition) is 3. The molecule has 3 N–H and O–H groups in total. The summed E-state index contributed by atoms with van der Waals surface area (Å²) in [4.78, 5) is 31.7. The molecule has 0 unspecified atom stereocenters. The van der Waals surface area contributed by atoms with Crippen LogP contribution in [0.1, 0.15) is 17.7 Å². The Balaban J connectivity index is 1.43. The number of piperidine rings is 1. The average Bonchev–Trinajstić information content (AvgIpc) is 3.29. The molecule has 2 aliphatic heterocycles. The van der Waals surface area contributed by atoms with Gasteiger partial charge in [0.25, 0.3) is 0 Å². The van der Waals surface area contributed by atoms with E-state index in [0.717, 1.165) is 16.8 Å². The fourth-order valence-electron chi connectivity index (χ4n) is 4.13. The first-order valence-corrected chi connectivity index (χ1v) is 10.4. The second-order valence-corrected chi connectivity index (χ2v) is 7.88. The van der Waals surface area contributed by atoms with Crippen molar-refractivity contribution in [3.63, 3.8) is 0 Å². The Labute approximate surface area is 180 Å². The predicted octanol–water partition coefficient (Wildman–Crippen LogP) is 1.55. The predicted molar refractivity (Wildman–Crippen MR) is 114 cm³/mol. The molecule has 2 aromatic rings. The van der Waals surface area contributed by atoms with Gasteiger partial charge in [-0.25, -0.2) is 10.5 Å². The third-order valence-electron chi connectivity index (χ3n) is 5.72. The molecule has 1 fully saturated rings. The summed E-state index contributed by atoms with van der Waals surface area (Å²) in [7, 11) is 0. The van der Waals surface area contributed by atoms with E-state index < -0.39 is 17.9 Å². The highest BCUT2D eigenvalue weighted by atomic mass is 16.5. The standard InChI is InChI=1S/C23H26N4O4/c1-15-6-5-9-20(25-15)31-18-12-19(22(28)26-30)21(24-13-18)23(29)27-11-10-17(14-27)16-7-3-2-4-8-16/h2-10,18-19,21,24,30H,11-14H2,1H3,(H,26,28)/t18-,19-,21-/m0/s1. The van der Waals surface area contributed by atoms with E-state index >= 15 is 0 Å². The minimum Gasteiger partial charge on any atom is -0.473 e. The number of pyridine rings is 1. The van der Waals surface area contributed by atoms with Gasteiger partial charge in [0.05, 0.1) is 12.0 Å². The number of carbonyl (C=O) groups is 2. The highest BCUT2D eigenvalue weighted by Crippen LogP contribution is 2.26. The lowest BCUT2D eigenvalue weighted by atomic mass is 9.87. The van der Waals surface area contributed by atoms with Gasteiger partial charge < -0.3 is 15.0 Å². The van der Waals surface area contributed by atoms with Gasteiger partial charge >= 0.3 is 0 Å². The second-order valence-electron chi connectivity index (χ2n) is 7.88. The summed E-state index contributed by atoms with van der Waals surface area (Å²) in [5.41, 5.74) is 4.70. The Morgan fingerprint density at radius 2 is 2.00 bits per heavy atom. The van der Waals surface area contributed by atoms with Crippen molar-refractivity contribution >= 4 is 17.4 Å². The number of benzene rings is 1. The zero-order valence-electron chi connectivity index (χ0n) is 17.3. The van der Waals surface area contributed by atoms with Crippen LogP contribution in [0.4, 0.5) is 0 Å². The van der Waals surface area contributed by atoms with Crippen LogP contribution in [0.5, 0.6) is 5.88 Å². The smallest absolute Gasteiger partial charge is 0.248 e. The minimum absolute atomic E-state index is 0.164. The molecule has 8 heteroatoms. The zero-order valence-corrected chi connectivity index (χ0v) is 17.3. The molecule has 8 nitrogen and oxygen atoms in total. The maximum atomic E-state index is 13.2. The van der Waals surface area contributed by atoms with Gasteiger partial charge in [0, 0.05) is 31.4 Å². The van der Waals surface area contributed by atoms with Crippen LogP contribution in [-0.2, 0) is 9.59 Å². The molecule has 0 radical (unpaired) electrons. The molecule has 3 heterocycles. The Bertz CT molecular complexity index is 979. The van der Waals surface area contributed by atoms with Gasteiger partial charge in [-0.15, -0.1) is 0 Å². The molecule has 1 aromatic heterocycles. The highest BCUT2D eigenvalue weighted by molar-refractivity contribution is 5.91. The number of rotatable bonds is 5. The van der Waals surface area contributed by atoms with Crippen molar-refractivity contribution in [1.82, 2.24) is 20.7 Å². The van der Waals surface area contributed by atoms with Crippen molar-refractivity contribution in [3.8, 4) is 5.88 Å². The summed E-state index contributed by atoms with van der Waals surface area (Å²) >= 11 is 0. The van der Waals surface area contributed by atoms with E-state index in [1.807, 2.05) is 55.5 Å². The van der Waals surface area contributed by atoms with E-state index in [9.17, 15) is 14.8 Å². The van der Waals surface area contributed by atoms with Crippen LogP contribution in [0.15, 0.2) is 54.6 Å². The van der Waals surface area contributed by atoms with Crippen LogP contribution >= 0.6 is 0 Å². The number of ether oxygens (including phenoxy) is 1. The Morgan fingerprint density at radius 3 is 2.74 bits per heavy atom. The maximum absolute atomic E-state index is 13.2. The quantitative estimate of drug-likeness (QED) is 0.499. The molecule has 162 valence electrons. The van der Waals surface area contributed by atoms with Crippen molar-refractivity contribution in [3.05, 3.63) is 65.9 Å². The second kappa shape index (κ2) is 9.28. The van der Waals surface area contributed by atoms with Crippen molar-refractivity contribution in [1.29, 1.82) is 0 Å². The summed E-state index contributed by atoms with van der Waals surface area (Å²) in [5.74, 6) is -1.06. The Morgan fingerprint density at radius 1 is 1.19 bits per heavy atom. The Kier molecular flexibility index (Phi) is 6.29. The molecule has 0 bridgehead atoms. The molecule has 0 spiro atoms. The van der Waals surface area contributed by atoms with Crippen molar-refractivity contribution in [2.45, 2.75) is 25.5 Å². The maximum Gasteiger partial charge on any atom is 0.248 e. The van der Waals surface area contributed by atoms with Crippen LogP contribution in [0.3, 0.4) is 0 Å². The van der Waals surface area contributed by atoms with Gasteiger partial charge in [-0.1, -0.05) is 42.5 Å². The van der Waals surface area contributed by atoms with Gasteiger partial charge in [-0.3, -0.25) is 14.8 Å². The van der Waals surface area contributed by atoms with Gasteiger partial charge in [0.2, 0.25) is 17.7 Å². The number of nitrogens with one attached hydrogen (secondary N) is 2. The molecule has 31 heavy (non-hydrogen) atoms. The van der Waals surface area contributed by atoms with E-state index in [-0.39, 0.29) is 18.4 Å². The van der Waals surface area contributed by atoms with Gasteiger partial charge in [0.15, 0.2) is 0 Å². The fraction of sp³-hybridized carbons (Fsp3) is 0.348. The van der Waals surface area contributed by atoms with Gasteiger partial charge in [-0.05, 0) is 30.5 Å². The first kappa shape index (κ1) is 21.0. The first-order valence-electron chi connectivity index (χ1n) is 10.4. The highest BCUT2D eigenvalue weighted by Gasteiger charge is 2.42. The summed E-state index contributed by atoms with van der Waals surface area (Å²) in [6.45, 7) is 3.24. The van der Waals surface area contributed by atoms with E-state index in [1.54, 1.807) is 16.4 Å². The van der Waals surface area contributed by atoms with Crippen LogP contribution in [0, 0.1) is 12.8 Å². The SMILES string of the molecule is Cc1cccc(O[C@@H]2CN[C@H](C(=O)N3CC=C(c4ccccc4)C3)[C@@H](C(=O)NO)C2)n1. The molecule has 3 atom stereocenters. The zero-order chi connectivity index (χ0) is 21.8. The Hall–Kier alpha value is -3.23. The number of hydrogen-bond acceptors (Lipinski definition) is 6. The number of carbonyl (C=O) groups excluding carboxylic acids is 2. The van der Waals surface area contributed by atoms with Crippen LogP contribution in [0.2, 0.25) is 0 Å². The lowest BCUT2D eigenvalue weighted by Gasteiger charge is -2.36. The number of nitrogens with zero attached hydrogens (tertiary/aromatic N) is 2. The lowest BCUT2D eigenvalue weighted by Crippen LogP contribution is -2.60. The van der Waals surface area contributed by atoms with Gasteiger partial charge in [0.1, 0.15) is 6.10 Å². The largest absolute Gasteiger partial charge is 0.473 e. The van der Waals surface area contributed by atoms with Crippen molar-refractivity contribution < 1.29 is 19.5 Å². The fourth-order valence-corrected chi connectivity index (χ4v) is 4.13. The number of aromatic nitrogens is 1. The molecule has 4 rings (SSSR count). The summed E-state index contributed by atoms with van der Waals surface area (Å²) in [6.07, 6.45) is 1.97. The first-order chi connectivity index (χ1) is 15.0. The van der Waals surface area contributed by atoms with E-state index in [1.165, 1.54) is 0 Å². The monoisotopic (exact) mass is 422 g/mol. The molecular formula is C23H26N4O4. The van der Waals surface area contributed by atoms with Gasteiger partial charge in [-0.2, -0.15) is 0 Å². The van der Waals surface area contributed by atoms with E-state index in [2.05, 4.69) is 10.3 Å². The third-order valence-corrected chi connectivity index (χ3v) is 5.72. The minimum atomic E-state index is -0.762. The molecule has 2 amide bonds. The normalized spacial score (nSPS) is 23.2. The summed E-state index contributed by atoms with van der Waals surface area (Å²) < 4.78 is 5.92. The third kappa shape index (κ3) is 4.76. The van der Waals surface area contributed by atoms with Crippen LogP contribution in [-0.4, -0.2) is 58.7 Å². The number of amides is 2. The molecule has 1 saturated heterocycles. The van der Waals surface area contributed by atoms with Crippen molar-refractivity contribution in [2.75, 3.05) is 19.6 Å². The summed E-state index contributed by atoms with van der Waals surface area (Å²) in [6, 6.07) is 14.7. The summed E-state index contributed by atoms with van der Waals surface area (Å²) in [5, 5.41) is 12.4. The molecule has 1 aromatic carbocycles. The van der Waals surface area contributed by atoms with E-state index in [4.69, 9.17) is 4.74 Å². The number of hydroxylamine groups is 1. The van der Waals surface area contributed by atoms with Crippen LogP contribution < -0.4 is 15.5 Å². The van der Waals surface area contributed by atoms with E-state index in [0.29, 0.717) is 25.5 Å².